The first kappa shape index (κ1) is 20.3. The third kappa shape index (κ3) is 4.78. The molecule has 0 spiro atoms. The van der Waals surface area contributed by atoms with E-state index < -0.39 is 0 Å². The molecule has 0 aliphatic carbocycles. The van der Waals surface area contributed by atoms with Crippen molar-refractivity contribution >= 4 is 11.6 Å². The van der Waals surface area contributed by atoms with Crippen LogP contribution in [0.4, 0.5) is 16.0 Å². The van der Waals surface area contributed by atoms with Gasteiger partial charge in [0.15, 0.2) is 0 Å². The van der Waals surface area contributed by atoms with Crippen LogP contribution >= 0.6 is 0 Å². The molecule has 1 aromatic heterocycles. The first-order valence-electron chi connectivity index (χ1n) is 10.8. The van der Waals surface area contributed by atoms with Gasteiger partial charge >= 0.3 is 0 Å². The fourth-order valence-electron chi connectivity index (χ4n) is 3.98. The molecule has 0 saturated carbocycles. The van der Waals surface area contributed by atoms with Crippen molar-refractivity contribution in [2.45, 2.75) is 45.6 Å². The second-order valence-corrected chi connectivity index (χ2v) is 8.08. The summed E-state index contributed by atoms with van der Waals surface area (Å²) in [4.78, 5) is 11.3. The molecule has 1 saturated heterocycles. The zero-order chi connectivity index (χ0) is 20.9. The summed E-state index contributed by atoms with van der Waals surface area (Å²) in [5.74, 6) is 1.20. The first-order chi connectivity index (χ1) is 14.6. The van der Waals surface area contributed by atoms with Crippen LogP contribution in [-0.2, 0) is 13.0 Å². The van der Waals surface area contributed by atoms with E-state index in [1.54, 1.807) is 12.1 Å². The normalized spacial score (nSPS) is 14.7. The number of nitrogens with one attached hydrogen (secondary N) is 1. The van der Waals surface area contributed by atoms with E-state index in [0.717, 1.165) is 49.4 Å². The lowest BCUT2D eigenvalue weighted by Gasteiger charge is -2.32. The smallest absolute Gasteiger partial charge is 0.225 e. The summed E-state index contributed by atoms with van der Waals surface area (Å²) < 4.78 is 14.0. The van der Waals surface area contributed by atoms with Crippen molar-refractivity contribution < 1.29 is 4.39 Å². The van der Waals surface area contributed by atoms with Gasteiger partial charge in [-0.2, -0.15) is 0 Å². The number of hydrogen-bond acceptors (Lipinski definition) is 4. The zero-order valence-corrected chi connectivity index (χ0v) is 17.7. The van der Waals surface area contributed by atoms with Crippen LogP contribution in [0.1, 0.15) is 47.9 Å². The van der Waals surface area contributed by atoms with Crippen LogP contribution in [0.25, 0.3) is 0 Å². The van der Waals surface area contributed by atoms with Gasteiger partial charge in [0.2, 0.25) is 5.95 Å². The van der Waals surface area contributed by atoms with Crippen molar-refractivity contribution in [1.29, 1.82) is 0 Å². The van der Waals surface area contributed by atoms with E-state index >= 15 is 0 Å². The molecule has 0 unspecified atom stereocenters. The van der Waals surface area contributed by atoms with Gasteiger partial charge in [0.25, 0.3) is 0 Å². The van der Waals surface area contributed by atoms with Crippen molar-refractivity contribution in [1.82, 2.24) is 9.97 Å². The molecule has 1 N–H and O–H groups in total. The largest absolute Gasteiger partial charge is 0.379 e. The average Bonchev–Trinajstić information content (AvgIpc) is 2.79. The predicted molar refractivity (Wildman–Crippen MR) is 121 cm³/mol. The van der Waals surface area contributed by atoms with E-state index in [4.69, 9.17) is 0 Å². The van der Waals surface area contributed by atoms with Crippen LogP contribution in [0.5, 0.6) is 0 Å². The zero-order valence-electron chi connectivity index (χ0n) is 17.7. The number of nitrogens with zero attached hydrogens (tertiary/aromatic N) is 3. The second kappa shape index (κ2) is 9.24. The minimum Gasteiger partial charge on any atom is -0.379 e. The molecule has 156 valence electrons. The Morgan fingerprint density at radius 2 is 1.70 bits per heavy atom. The Labute approximate surface area is 178 Å². The van der Waals surface area contributed by atoms with Gasteiger partial charge in [0, 0.05) is 32.0 Å². The number of aryl methyl sites for hydroxylation is 2. The van der Waals surface area contributed by atoms with Gasteiger partial charge in [-0.3, -0.25) is 0 Å². The molecule has 1 fully saturated rings. The highest BCUT2D eigenvalue weighted by Gasteiger charge is 2.22. The lowest BCUT2D eigenvalue weighted by atomic mass is 9.89. The fraction of sp³-hybridized carbons (Fsp3) is 0.360. The Balaban J connectivity index is 1.31. The number of hydrogen-bond donors (Lipinski definition) is 1. The number of benzene rings is 2. The van der Waals surface area contributed by atoms with Gasteiger partial charge in [-0.05, 0) is 66.5 Å². The van der Waals surface area contributed by atoms with Gasteiger partial charge in [-0.25, -0.2) is 14.4 Å². The fourth-order valence-corrected chi connectivity index (χ4v) is 3.98. The molecule has 0 radical (unpaired) electrons. The van der Waals surface area contributed by atoms with E-state index in [2.05, 4.69) is 51.4 Å². The molecule has 2 heterocycles. The van der Waals surface area contributed by atoms with Crippen LogP contribution in [0.15, 0.2) is 54.9 Å². The Kier molecular flexibility index (Phi) is 6.26. The van der Waals surface area contributed by atoms with Crippen molar-refractivity contribution in [2.24, 2.45) is 0 Å². The number of halogens is 1. The van der Waals surface area contributed by atoms with E-state index in [1.165, 1.54) is 11.1 Å². The molecule has 1 aliphatic rings. The number of anilines is 2. The van der Waals surface area contributed by atoms with Crippen LogP contribution in [0.2, 0.25) is 0 Å². The molecule has 1 aliphatic heterocycles. The third-order valence-corrected chi connectivity index (χ3v) is 5.94. The van der Waals surface area contributed by atoms with Crippen LogP contribution in [-0.4, -0.2) is 23.1 Å². The van der Waals surface area contributed by atoms with Crippen LogP contribution in [0.3, 0.4) is 0 Å². The molecule has 0 bridgehead atoms. The highest BCUT2D eigenvalue weighted by atomic mass is 19.1. The van der Waals surface area contributed by atoms with Gasteiger partial charge in [-0.15, -0.1) is 0 Å². The molecule has 4 nitrogen and oxygen atoms in total. The summed E-state index contributed by atoms with van der Waals surface area (Å²) in [6.45, 7) is 6.58. The van der Waals surface area contributed by atoms with Gasteiger partial charge in [0.1, 0.15) is 5.82 Å². The quantitative estimate of drug-likeness (QED) is 0.590. The highest BCUT2D eigenvalue weighted by molar-refractivity contribution is 5.46. The van der Waals surface area contributed by atoms with Crippen molar-refractivity contribution in [3.05, 3.63) is 82.9 Å². The molecular weight excluding hydrogens is 375 g/mol. The van der Waals surface area contributed by atoms with Crippen molar-refractivity contribution in [2.75, 3.05) is 23.3 Å². The first-order valence-corrected chi connectivity index (χ1v) is 10.8. The molecule has 5 heteroatoms. The molecule has 0 amide bonds. The topological polar surface area (TPSA) is 41.1 Å². The van der Waals surface area contributed by atoms with Crippen molar-refractivity contribution in [3.63, 3.8) is 0 Å². The SMILES string of the molecule is CCc1cnc(N2CCC(c3ccc(CNc4ccc(C)cc4F)cc3)CC2)nc1. The number of rotatable bonds is 6. The minimum absolute atomic E-state index is 0.202. The highest BCUT2D eigenvalue weighted by Crippen LogP contribution is 2.29. The molecular formula is C25H29FN4. The summed E-state index contributed by atoms with van der Waals surface area (Å²) in [7, 11) is 0. The molecule has 3 aromatic rings. The summed E-state index contributed by atoms with van der Waals surface area (Å²) in [5.41, 5.74) is 5.18. The third-order valence-electron chi connectivity index (χ3n) is 5.94. The Bertz CT molecular complexity index is 961. The molecule has 30 heavy (non-hydrogen) atoms. The summed E-state index contributed by atoms with van der Waals surface area (Å²) >= 11 is 0. The van der Waals surface area contributed by atoms with Gasteiger partial charge in [-0.1, -0.05) is 37.3 Å². The summed E-state index contributed by atoms with van der Waals surface area (Å²) in [6, 6.07) is 14.0. The maximum absolute atomic E-state index is 14.0. The van der Waals surface area contributed by atoms with E-state index in [1.807, 2.05) is 25.4 Å². The average molecular weight is 405 g/mol. The van der Waals surface area contributed by atoms with E-state index in [0.29, 0.717) is 18.2 Å². The Morgan fingerprint density at radius 1 is 1.00 bits per heavy atom. The second-order valence-electron chi connectivity index (χ2n) is 8.08. The predicted octanol–water partition coefficient (Wildman–Crippen LogP) is 5.48. The Hall–Kier alpha value is -2.95. The summed E-state index contributed by atoms with van der Waals surface area (Å²) in [5, 5.41) is 3.19. The van der Waals surface area contributed by atoms with Gasteiger partial charge in [0.05, 0.1) is 5.69 Å². The lowest BCUT2D eigenvalue weighted by molar-refractivity contribution is 0.499. The Morgan fingerprint density at radius 3 is 2.33 bits per heavy atom. The molecule has 4 rings (SSSR count). The van der Waals surface area contributed by atoms with Crippen molar-refractivity contribution in [3.8, 4) is 0 Å². The summed E-state index contributed by atoms with van der Waals surface area (Å²) in [6.07, 6.45) is 7.04. The molecule has 0 atom stereocenters. The number of aromatic nitrogens is 2. The standard InChI is InChI=1S/C25H29FN4/c1-3-19-15-28-25(29-16-19)30-12-10-22(11-13-30)21-7-5-20(6-8-21)17-27-24-9-4-18(2)14-23(24)26/h4-9,14-16,22,27H,3,10-13,17H2,1-2H3. The lowest BCUT2D eigenvalue weighted by Crippen LogP contribution is -2.34. The number of piperidine rings is 1. The van der Waals surface area contributed by atoms with E-state index in [9.17, 15) is 4.39 Å². The van der Waals surface area contributed by atoms with Crippen LogP contribution in [0, 0.1) is 12.7 Å². The van der Waals surface area contributed by atoms with Crippen LogP contribution < -0.4 is 10.2 Å². The van der Waals surface area contributed by atoms with E-state index in [-0.39, 0.29) is 5.82 Å². The minimum atomic E-state index is -0.202. The monoisotopic (exact) mass is 404 g/mol. The maximum atomic E-state index is 14.0. The molecule has 2 aromatic carbocycles. The van der Waals surface area contributed by atoms with Gasteiger partial charge < -0.3 is 10.2 Å². The maximum Gasteiger partial charge on any atom is 0.225 e.